The minimum Gasteiger partial charge on any atom is -0.508 e. The molecule has 0 spiro atoms. The van der Waals surface area contributed by atoms with E-state index in [0.29, 0.717) is 5.75 Å². The molecule has 0 aromatic heterocycles. The zero-order valence-corrected chi connectivity index (χ0v) is 13.2. The molecule has 3 heteroatoms. The first kappa shape index (κ1) is 15.2. The Labute approximate surface area is 123 Å². The second-order valence-corrected chi connectivity index (χ2v) is 6.26. The maximum Gasteiger partial charge on any atom is 0.122 e. The van der Waals surface area contributed by atoms with Crippen molar-refractivity contribution < 1.29 is 5.11 Å². The number of benzene rings is 1. The van der Waals surface area contributed by atoms with E-state index < -0.39 is 0 Å². The number of hydrogen-bond acceptors (Lipinski definition) is 3. The summed E-state index contributed by atoms with van der Waals surface area (Å²) < 4.78 is 0. The fourth-order valence-corrected chi connectivity index (χ4v) is 3.08. The molecule has 1 aliphatic heterocycles. The number of anilines is 1. The highest BCUT2D eigenvalue weighted by Gasteiger charge is 2.25. The van der Waals surface area contributed by atoms with Gasteiger partial charge in [0.2, 0.25) is 0 Å². The number of nitrogens with zero attached hydrogens (tertiary/aromatic N) is 1. The number of aromatic hydroxyl groups is 1. The van der Waals surface area contributed by atoms with Crippen LogP contribution in [-0.2, 0) is 0 Å². The molecule has 20 heavy (non-hydrogen) atoms. The summed E-state index contributed by atoms with van der Waals surface area (Å²) in [5.74, 6) is 1.92. The van der Waals surface area contributed by atoms with Gasteiger partial charge >= 0.3 is 0 Å². The van der Waals surface area contributed by atoms with Crippen LogP contribution in [0.5, 0.6) is 5.75 Å². The van der Waals surface area contributed by atoms with E-state index in [0.717, 1.165) is 42.7 Å². The molecule has 0 amide bonds. The van der Waals surface area contributed by atoms with E-state index in [1.807, 2.05) is 6.07 Å². The highest BCUT2D eigenvalue weighted by atomic mass is 16.3. The fourth-order valence-electron chi connectivity index (χ4n) is 3.08. The van der Waals surface area contributed by atoms with E-state index in [1.165, 1.54) is 6.42 Å². The summed E-state index contributed by atoms with van der Waals surface area (Å²) in [5, 5.41) is 13.6. The van der Waals surface area contributed by atoms with Crippen LogP contribution in [0.2, 0.25) is 0 Å². The van der Waals surface area contributed by atoms with Gasteiger partial charge < -0.3 is 15.3 Å². The normalized spacial score (nSPS) is 20.6. The fraction of sp³-hybridized carbons (Fsp3) is 0.647. The van der Waals surface area contributed by atoms with Crippen molar-refractivity contribution >= 4 is 5.69 Å². The molecular weight excluding hydrogens is 248 g/mol. The van der Waals surface area contributed by atoms with Gasteiger partial charge in [-0.3, -0.25) is 0 Å². The summed E-state index contributed by atoms with van der Waals surface area (Å²) in [5.41, 5.74) is 2.13. The van der Waals surface area contributed by atoms with Gasteiger partial charge in [-0.25, -0.2) is 0 Å². The predicted octanol–water partition coefficient (Wildman–Crippen LogP) is 3.55. The molecule has 0 saturated carbocycles. The van der Waals surface area contributed by atoms with Crippen molar-refractivity contribution in [3.05, 3.63) is 23.8 Å². The van der Waals surface area contributed by atoms with Gasteiger partial charge in [-0.1, -0.05) is 26.8 Å². The number of nitrogens with one attached hydrogen (secondary N) is 1. The van der Waals surface area contributed by atoms with E-state index in [1.54, 1.807) is 0 Å². The van der Waals surface area contributed by atoms with E-state index in [2.05, 4.69) is 50.0 Å². The number of hydrogen-bond donors (Lipinski definition) is 2. The number of phenolic OH excluding ortho intramolecular Hbond substituents is 1. The summed E-state index contributed by atoms with van der Waals surface area (Å²) in [6.07, 6.45) is 1.26. The van der Waals surface area contributed by atoms with Gasteiger partial charge in [0, 0.05) is 36.4 Å². The monoisotopic (exact) mass is 276 g/mol. The first-order valence-electron chi connectivity index (χ1n) is 7.84. The van der Waals surface area contributed by atoms with Gasteiger partial charge in [0.15, 0.2) is 0 Å². The molecule has 1 aromatic rings. The van der Waals surface area contributed by atoms with Gasteiger partial charge in [-0.05, 0) is 37.8 Å². The second-order valence-electron chi connectivity index (χ2n) is 6.26. The molecule has 0 aliphatic carbocycles. The van der Waals surface area contributed by atoms with Gasteiger partial charge in [0.1, 0.15) is 5.75 Å². The Morgan fingerprint density at radius 2 is 2.10 bits per heavy atom. The molecule has 0 bridgehead atoms. The van der Waals surface area contributed by atoms with E-state index >= 15 is 0 Å². The van der Waals surface area contributed by atoms with Crippen LogP contribution in [-0.4, -0.2) is 24.7 Å². The Morgan fingerprint density at radius 3 is 2.65 bits per heavy atom. The van der Waals surface area contributed by atoms with E-state index in [-0.39, 0.29) is 6.04 Å². The van der Waals surface area contributed by atoms with Crippen molar-refractivity contribution in [2.24, 2.45) is 11.8 Å². The summed E-state index contributed by atoms with van der Waals surface area (Å²) in [6.45, 7) is 11.9. The number of rotatable bonds is 5. The molecule has 2 unspecified atom stereocenters. The third-order valence-electron chi connectivity index (χ3n) is 4.52. The quantitative estimate of drug-likeness (QED) is 0.863. The van der Waals surface area contributed by atoms with Crippen molar-refractivity contribution in [1.82, 2.24) is 5.32 Å². The lowest BCUT2D eigenvalue weighted by atomic mass is 9.95. The molecule has 1 heterocycles. The molecule has 1 saturated heterocycles. The lowest BCUT2D eigenvalue weighted by molar-refractivity contribution is 0.422. The Bertz CT molecular complexity index is 445. The maximum absolute atomic E-state index is 10.3. The molecule has 1 aromatic carbocycles. The van der Waals surface area contributed by atoms with Crippen LogP contribution >= 0.6 is 0 Å². The Balaban J connectivity index is 2.10. The van der Waals surface area contributed by atoms with Crippen LogP contribution in [0.15, 0.2) is 18.2 Å². The van der Waals surface area contributed by atoms with Crippen LogP contribution in [0.3, 0.4) is 0 Å². The van der Waals surface area contributed by atoms with Crippen LogP contribution in [0, 0.1) is 11.8 Å². The minimum atomic E-state index is 0.191. The topological polar surface area (TPSA) is 35.5 Å². The lowest BCUT2D eigenvalue weighted by Gasteiger charge is -2.22. The Morgan fingerprint density at radius 1 is 1.35 bits per heavy atom. The van der Waals surface area contributed by atoms with Crippen molar-refractivity contribution in [3.63, 3.8) is 0 Å². The molecule has 1 aliphatic rings. The third-order valence-corrected chi connectivity index (χ3v) is 4.52. The standard InChI is InChI=1S/C17H28N2O/c1-5-18-13(4)16-7-6-15(10-17(16)20)19-9-8-14(11-19)12(2)3/h6-7,10,12-14,18,20H,5,8-9,11H2,1-4H3. The largest absolute Gasteiger partial charge is 0.508 e. The molecule has 2 atom stereocenters. The second kappa shape index (κ2) is 6.49. The molecule has 2 rings (SSSR count). The number of phenols is 1. The smallest absolute Gasteiger partial charge is 0.122 e. The minimum absolute atomic E-state index is 0.191. The van der Waals surface area contributed by atoms with E-state index in [9.17, 15) is 5.11 Å². The highest BCUT2D eigenvalue weighted by molar-refractivity contribution is 5.54. The summed E-state index contributed by atoms with van der Waals surface area (Å²) in [7, 11) is 0. The van der Waals surface area contributed by atoms with Gasteiger partial charge in [0.25, 0.3) is 0 Å². The summed E-state index contributed by atoms with van der Waals surface area (Å²) >= 11 is 0. The van der Waals surface area contributed by atoms with Crippen molar-refractivity contribution in [3.8, 4) is 5.75 Å². The predicted molar refractivity (Wildman–Crippen MR) is 85.4 cm³/mol. The van der Waals surface area contributed by atoms with Crippen LogP contribution in [0.4, 0.5) is 5.69 Å². The molecule has 3 nitrogen and oxygen atoms in total. The van der Waals surface area contributed by atoms with Crippen LogP contribution in [0.25, 0.3) is 0 Å². The van der Waals surface area contributed by atoms with Gasteiger partial charge in [-0.2, -0.15) is 0 Å². The van der Waals surface area contributed by atoms with Gasteiger partial charge in [0.05, 0.1) is 0 Å². The lowest BCUT2D eigenvalue weighted by Crippen LogP contribution is -2.21. The maximum atomic E-state index is 10.3. The summed E-state index contributed by atoms with van der Waals surface area (Å²) in [6, 6.07) is 6.31. The van der Waals surface area contributed by atoms with E-state index in [4.69, 9.17) is 0 Å². The molecule has 0 radical (unpaired) electrons. The summed E-state index contributed by atoms with van der Waals surface area (Å²) in [4.78, 5) is 2.39. The average Bonchev–Trinajstić information content (AvgIpc) is 2.88. The van der Waals surface area contributed by atoms with Gasteiger partial charge in [-0.15, -0.1) is 0 Å². The SMILES string of the molecule is CCNC(C)c1ccc(N2CCC(C(C)C)C2)cc1O. The first-order valence-corrected chi connectivity index (χ1v) is 7.84. The Kier molecular flexibility index (Phi) is 4.92. The molecule has 2 N–H and O–H groups in total. The highest BCUT2D eigenvalue weighted by Crippen LogP contribution is 2.33. The Hall–Kier alpha value is -1.22. The average molecular weight is 276 g/mol. The first-order chi connectivity index (χ1) is 9.52. The molecule has 1 fully saturated rings. The van der Waals surface area contributed by atoms with Crippen molar-refractivity contribution in [1.29, 1.82) is 0 Å². The van der Waals surface area contributed by atoms with Crippen molar-refractivity contribution in [2.45, 2.75) is 40.2 Å². The third kappa shape index (κ3) is 3.26. The van der Waals surface area contributed by atoms with Crippen LogP contribution in [0.1, 0.15) is 45.7 Å². The van der Waals surface area contributed by atoms with Crippen molar-refractivity contribution in [2.75, 3.05) is 24.5 Å². The zero-order chi connectivity index (χ0) is 14.7. The molecular formula is C17H28N2O. The molecule has 112 valence electrons. The van der Waals surface area contributed by atoms with Crippen LogP contribution < -0.4 is 10.2 Å². The zero-order valence-electron chi connectivity index (χ0n) is 13.2.